The van der Waals surface area contributed by atoms with Crippen molar-refractivity contribution < 1.29 is 14.3 Å². The molecule has 0 atom stereocenters. The van der Waals surface area contributed by atoms with Crippen LogP contribution in [0.15, 0.2) is 12.1 Å². The lowest BCUT2D eigenvalue weighted by atomic mass is 10.1. The second-order valence-corrected chi connectivity index (χ2v) is 6.09. The summed E-state index contributed by atoms with van der Waals surface area (Å²) in [6.07, 6.45) is 1.79. The van der Waals surface area contributed by atoms with Crippen molar-refractivity contribution in [1.82, 2.24) is 15.3 Å². The van der Waals surface area contributed by atoms with E-state index in [-0.39, 0.29) is 5.91 Å². The first-order valence-electron chi connectivity index (χ1n) is 7.82. The van der Waals surface area contributed by atoms with Gasteiger partial charge < -0.3 is 14.8 Å². The predicted molar refractivity (Wildman–Crippen MR) is 97.8 cm³/mol. The van der Waals surface area contributed by atoms with E-state index in [0.29, 0.717) is 40.3 Å². The van der Waals surface area contributed by atoms with Gasteiger partial charge in [0, 0.05) is 19.6 Å². The first kappa shape index (κ1) is 18.6. The van der Waals surface area contributed by atoms with Crippen LogP contribution in [0, 0.1) is 0 Å². The van der Waals surface area contributed by atoms with Gasteiger partial charge in [-0.05, 0) is 37.2 Å². The Morgan fingerprint density at radius 1 is 1.29 bits per heavy atom. The van der Waals surface area contributed by atoms with Crippen LogP contribution in [0.1, 0.15) is 30.1 Å². The molecule has 0 saturated carbocycles. The van der Waals surface area contributed by atoms with Crippen LogP contribution in [0.3, 0.4) is 0 Å². The minimum atomic E-state index is -0.246. The summed E-state index contributed by atoms with van der Waals surface area (Å²) >= 11 is 11.6. The molecule has 1 amide bonds. The van der Waals surface area contributed by atoms with Crippen LogP contribution in [0.4, 0.5) is 0 Å². The molecular formula is C16H22ClN3O3S. The maximum atomic E-state index is 13.1. The number of ether oxygens (including phenoxy) is 2. The molecule has 6 nitrogen and oxygen atoms in total. The maximum absolute atomic E-state index is 13.1. The van der Waals surface area contributed by atoms with Gasteiger partial charge in [-0.25, -0.2) is 5.01 Å². The Hall–Kier alpha value is -1.73. The van der Waals surface area contributed by atoms with Crippen molar-refractivity contribution in [2.45, 2.75) is 19.8 Å². The van der Waals surface area contributed by atoms with E-state index in [1.54, 1.807) is 22.2 Å². The molecule has 132 valence electrons. The molecule has 1 N–H and O–H groups in total. The molecule has 0 unspecified atom stereocenters. The number of hydrazine groups is 1. The molecule has 1 saturated heterocycles. The fraction of sp³-hybridized carbons (Fsp3) is 0.500. The first-order chi connectivity index (χ1) is 11.5. The lowest BCUT2D eigenvalue weighted by Crippen LogP contribution is -2.49. The molecule has 1 heterocycles. The Bertz CT molecular complexity index is 627. The Kier molecular flexibility index (Phi) is 6.51. The second-order valence-electron chi connectivity index (χ2n) is 5.29. The van der Waals surface area contributed by atoms with Gasteiger partial charge in [0.2, 0.25) is 0 Å². The number of amides is 1. The van der Waals surface area contributed by atoms with Crippen molar-refractivity contribution in [2.24, 2.45) is 0 Å². The zero-order valence-electron chi connectivity index (χ0n) is 14.1. The second kappa shape index (κ2) is 8.39. The fourth-order valence-corrected chi connectivity index (χ4v) is 3.12. The number of halogens is 1. The number of rotatable bonds is 5. The van der Waals surface area contributed by atoms with Gasteiger partial charge >= 0.3 is 0 Å². The summed E-state index contributed by atoms with van der Waals surface area (Å²) in [5.41, 5.74) is 0.303. The summed E-state index contributed by atoms with van der Waals surface area (Å²) in [7, 11) is 2.99. The summed E-state index contributed by atoms with van der Waals surface area (Å²) in [4.78, 5) is 13.1. The van der Waals surface area contributed by atoms with Crippen LogP contribution >= 0.6 is 23.8 Å². The molecular weight excluding hydrogens is 350 g/mol. The number of nitrogens with zero attached hydrogens (tertiary/aromatic N) is 2. The Morgan fingerprint density at radius 3 is 2.62 bits per heavy atom. The van der Waals surface area contributed by atoms with E-state index in [1.807, 2.05) is 0 Å². The van der Waals surface area contributed by atoms with E-state index in [2.05, 4.69) is 12.2 Å². The van der Waals surface area contributed by atoms with Crippen molar-refractivity contribution in [3.8, 4) is 11.5 Å². The number of thiocarbonyl (C=S) groups is 1. The Labute approximate surface area is 152 Å². The maximum Gasteiger partial charge on any atom is 0.280 e. The highest BCUT2D eigenvalue weighted by Crippen LogP contribution is 2.36. The van der Waals surface area contributed by atoms with Crippen molar-refractivity contribution in [2.75, 3.05) is 33.9 Å². The molecule has 1 aliphatic heterocycles. The molecule has 1 aromatic rings. The van der Waals surface area contributed by atoms with Crippen molar-refractivity contribution >= 4 is 34.8 Å². The first-order valence-corrected chi connectivity index (χ1v) is 8.61. The number of hydrogen-bond donors (Lipinski definition) is 1. The largest absolute Gasteiger partial charge is 0.496 e. The number of carbonyl (C=O) groups is 1. The summed E-state index contributed by atoms with van der Waals surface area (Å²) in [5.74, 6) is 0.477. The van der Waals surface area contributed by atoms with Crippen molar-refractivity contribution in [1.29, 1.82) is 0 Å². The van der Waals surface area contributed by atoms with E-state index in [1.165, 1.54) is 14.2 Å². The summed E-state index contributed by atoms with van der Waals surface area (Å²) in [6.45, 7) is 4.09. The zero-order chi connectivity index (χ0) is 17.7. The van der Waals surface area contributed by atoms with Crippen molar-refractivity contribution in [3.05, 3.63) is 22.7 Å². The molecule has 0 aliphatic carbocycles. The quantitative estimate of drug-likeness (QED) is 0.803. The van der Waals surface area contributed by atoms with E-state index in [9.17, 15) is 4.79 Å². The predicted octanol–water partition coefficient (Wildman–Crippen LogP) is 2.70. The minimum Gasteiger partial charge on any atom is -0.496 e. The van der Waals surface area contributed by atoms with Crippen LogP contribution in [0.5, 0.6) is 11.5 Å². The Balaban J connectivity index is 2.34. The lowest BCUT2D eigenvalue weighted by Gasteiger charge is -2.31. The van der Waals surface area contributed by atoms with Gasteiger partial charge in [-0.15, -0.1) is 0 Å². The molecule has 8 heteroatoms. The highest BCUT2D eigenvalue weighted by molar-refractivity contribution is 7.80. The Morgan fingerprint density at radius 2 is 2.00 bits per heavy atom. The van der Waals surface area contributed by atoms with Gasteiger partial charge in [-0.1, -0.05) is 18.5 Å². The van der Waals surface area contributed by atoms with Gasteiger partial charge in [0.15, 0.2) is 10.9 Å². The molecule has 0 aromatic heterocycles. The third-order valence-electron chi connectivity index (χ3n) is 3.74. The third kappa shape index (κ3) is 3.67. The van der Waals surface area contributed by atoms with Crippen LogP contribution in [0.2, 0.25) is 5.02 Å². The van der Waals surface area contributed by atoms with E-state index < -0.39 is 0 Å². The van der Waals surface area contributed by atoms with Gasteiger partial charge in [0.05, 0.1) is 19.2 Å². The third-order valence-corrected chi connectivity index (χ3v) is 4.39. The average molecular weight is 372 g/mol. The molecule has 2 rings (SSSR count). The number of hydrogen-bond acceptors (Lipinski definition) is 4. The van der Waals surface area contributed by atoms with Gasteiger partial charge in [-0.3, -0.25) is 9.80 Å². The molecule has 0 radical (unpaired) electrons. The number of benzene rings is 1. The summed E-state index contributed by atoms with van der Waals surface area (Å²) < 4.78 is 10.7. The molecule has 0 bridgehead atoms. The SMILES string of the molecule is CCCNC(=S)N1CCCN1C(=O)c1c(OC)ccc(Cl)c1OC. The summed E-state index contributed by atoms with van der Waals surface area (Å²) in [6, 6.07) is 3.30. The van der Waals surface area contributed by atoms with Crippen LogP contribution in [-0.2, 0) is 0 Å². The average Bonchev–Trinajstić information content (AvgIpc) is 3.08. The van der Waals surface area contributed by atoms with E-state index in [0.717, 1.165) is 19.4 Å². The highest BCUT2D eigenvalue weighted by atomic mass is 35.5. The normalized spacial score (nSPS) is 13.8. The molecule has 24 heavy (non-hydrogen) atoms. The van der Waals surface area contributed by atoms with Gasteiger partial charge in [-0.2, -0.15) is 0 Å². The van der Waals surface area contributed by atoms with E-state index >= 15 is 0 Å². The smallest absolute Gasteiger partial charge is 0.280 e. The molecule has 1 aromatic carbocycles. The standard InChI is InChI=1S/C16H22ClN3O3S/c1-4-8-18-16(24)20-10-5-9-19(20)15(21)13-12(22-2)7-6-11(17)14(13)23-3/h6-7H,4-5,8-10H2,1-3H3,(H,18,24). The minimum absolute atomic E-state index is 0.246. The highest BCUT2D eigenvalue weighted by Gasteiger charge is 2.33. The topological polar surface area (TPSA) is 54.0 Å². The summed E-state index contributed by atoms with van der Waals surface area (Å²) in [5, 5.41) is 7.46. The monoisotopic (exact) mass is 371 g/mol. The zero-order valence-corrected chi connectivity index (χ0v) is 15.7. The van der Waals surface area contributed by atoms with Crippen molar-refractivity contribution in [3.63, 3.8) is 0 Å². The lowest BCUT2D eigenvalue weighted by molar-refractivity contribution is 0.0485. The molecule has 1 fully saturated rings. The number of carbonyl (C=O) groups excluding carboxylic acids is 1. The van der Waals surface area contributed by atoms with Crippen LogP contribution < -0.4 is 14.8 Å². The van der Waals surface area contributed by atoms with Gasteiger partial charge in [0.25, 0.3) is 5.91 Å². The van der Waals surface area contributed by atoms with Crippen LogP contribution in [-0.4, -0.2) is 54.9 Å². The van der Waals surface area contributed by atoms with E-state index in [4.69, 9.17) is 33.3 Å². The number of nitrogens with one attached hydrogen (secondary N) is 1. The molecule has 1 aliphatic rings. The van der Waals surface area contributed by atoms with Gasteiger partial charge in [0.1, 0.15) is 11.3 Å². The number of methoxy groups -OCH3 is 2. The van der Waals surface area contributed by atoms with Crippen LogP contribution in [0.25, 0.3) is 0 Å². The fourth-order valence-electron chi connectivity index (χ4n) is 2.60. The molecule has 0 spiro atoms.